The van der Waals surface area contributed by atoms with Crippen LogP contribution in [0, 0.1) is 6.20 Å². The Balaban J connectivity index is 2.33. The fourth-order valence-corrected chi connectivity index (χ4v) is 2.18. The van der Waals surface area contributed by atoms with Gasteiger partial charge < -0.3 is 0 Å². The summed E-state index contributed by atoms with van der Waals surface area (Å²) in [7, 11) is 0. The highest BCUT2D eigenvalue weighted by molar-refractivity contribution is 9.10. The van der Waals surface area contributed by atoms with Gasteiger partial charge in [0.1, 0.15) is 6.20 Å². The molecule has 7 heteroatoms. The van der Waals surface area contributed by atoms with Gasteiger partial charge in [0.15, 0.2) is 11.3 Å². The zero-order valence-corrected chi connectivity index (χ0v) is 11.4. The predicted molar refractivity (Wildman–Crippen MR) is 70.0 cm³/mol. The highest BCUT2D eigenvalue weighted by atomic mass is 79.9. The molecule has 1 radical (unpaired) electrons. The lowest BCUT2D eigenvalue weighted by molar-refractivity contribution is -0.142. The third-order valence-corrected chi connectivity index (χ3v) is 3.27. The molecule has 0 aliphatic heterocycles. The summed E-state index contributed by atoms with van der Waals surface area (Å²) in [5.41, 5.74) is 0.0376. The second kappa shape index (κ2) is 4.59. The topological polar surface area (TPSA) is 30.2 Å². The van der Waals surface area contributed by atoms with Crippen LogP contribution in [0.15, 0.2) is 40.9 Å². The van der Waals surface area contributed by atoms with Gasteiger partial charge in [-0.3, -0.25) is 0 Å². The van der Waals surface area contributed by atoms with E-state index in [9.17, 15) is 13.2 Å². The van der Waals surface area contributed by atoms with Crippen LogP contribution >= 0.6 is 15.9 Å². The molecule has 1 aromatic carbocycles. The Morgan fingerprint density at radius 2 is 1.85 bits per heavy atom. The summed E-state index contributed by atoms with van der Waals surface area (Å²) in [6.07, 6.45) is -2.09. The molecule has 2 aromatic heterocycles. The van der Waals surface area contributed by atoms with Crippen LogP contribution in [-0.4, -0.2) is 14.6 Å². The first kappa shape index (κ1) is 13.1. The molecule has 3 nitrogen and oxygen atoms in total. The number of hydrogen-bond donors (Lipinski definition) is 0. The van der Waals surface area contributed by atoms with E-state index in [1.807, 2.05) is 0 Å². The van der Waals surface area contributed by atoms with Crippen LogP contribution in [0.25, 0.3) is 16.9 Å². The standard InChI is InChI=1S/C13H6BrF3N3/c14-9-7-18-20-11(13(15,16)17)6-10(19-12(9)20)8-4-2-1-3-5-8/h1-6H. The Kier molecular flexibility index (Phi) is 3.01. The van der Waals surface area contributed by atoms with Crippen molar-refractivity contribution in [2.45, 2.75) is 6.18 Å². The van der Waals surface area contributed by atoms with Gasteiger partial charge in [-0.2, -0.15) is 18.3 Å². The summed E-state index contributed by atoms with van der Waals surface area (Å²) in [6.45, 7) is 0. The number of hydrogen-bond acceptors (Lipinski definition) is 2. The van der Waals surface area contributed by atoms with Crippen molar-refractivity contribution < 1.29 is 13.2 Å². The van der Waals surface area contributed by atoms with Gasteiger partial charge in [0, 0.05) is 5.56 Å². The molecule has 0 aliphatic rings. The molecule has 0 aliphatic carbocycles. The summed E-state index contributed by atoms with van der Waals surface area (Å²) in [5, 5.41) is 3.58. The van der Waals surface area contributed by atoms with Gasteiger partial charge in [0.05, 0.1) is 10.2 Å². The number of rotatable bonds is 1. The van der Waals surface area contributed by atoms with E-state index in [1.54, 1.807) is 30.3 Å². The molecule has 0 spiro atoms. The van der Waals surface area contributed by atoms with Gasteiger partial charge in [-0.25, -0.2) is 9.50 Å². The van der Waals surface area contributed by atoms with Crippen LogP contribution in [0.2, 0.25) is 0 Å². The second-order valence-electron chi connectivity index (χ2n) is 4.05. The summed E-state index contributed by atoms with van der Waals surface area (Å²) >= 11 is 3.11. The van der Waals surface area contributed by atoms with Gasteiger partial charge in [-0.15, -0.1) is 0 Å². The zero-order valence-electron chi connectivity index (χ0n) is 9.82. The SMILES string of the molecule is FC(F)(F)c1cc(-c2ccccc2)nc2c(Br)[c]nn12. The molecule has 0 N–H and O–H groups in total. The molecule has 0 bridgehead atoms. The summed E-state index contributed by atoms with van der Waals surface area (Å²) < 4.78 is 40.3. The van der Waals surface area contributed by atoms with Crippen LogP contribution in [0.1, 0.15) is 5.69 Å². The number of fused-ring (bicyclic) bond motifs is 1. The maximum absolute atomic E-state index is 13.1. The molecule has 2 heterocycles. The molecule has 0 unspecified atom stereocenters. The molecule has 0 amide bonds. The van der Waals surface area contributed by atoms with E-state index in [1.165, 1.54) is 0 Å². The first-order chi connectivity index (χ1) is 9.47. The van der Waals surface area contributed by atoms with Crippen LogP contribution in [0.3, 0.4) is 0 Å². The smallest absolute Gasteiger partial charge is 0.227 e. The first-order valence-electron chi connectivity index (χ1n) is 5.56. The van der Waals surface area contributed by atoms with Gasteiger partial charge >= 0.3 is 6.18 Å². The van der Waals surface area contributed by atoms with Gasteiger partial charge in [0.25, 0.3) is 0 Å². The van der Waals surface area contributed by atoms with E-state index in [4.69, 9.17) is 0 Å². The Bertz CT molecular complexity index is 766. The molecule has 0 atom stereocenters. The van der Waals surface area contributed by atoms with Gasteiger partial charge in [-0.05, 0) is 22.0 Å². The molecule has 3 aromatic rings. The average Bonchev–Trinajstić information content (AvgIpc) is 2.79. The van der Waals surface area contributed by atoms with Gasteiger partial charge in [0.2, 0.25) is 0 Å². The van der Waals surface area contributed by atoms with E-state index in [2.05, 4.69) is 32.2 Å². The molecule has 0 saturated heterocycles. The van der Waals surface area contributed by atoms with Crippen molar-refractivity contribution in [1.82, 2.24) is 14.6 Å². The molecule has 0 fully saturated rings. The second-order valence-corrected chi connectivity index (χ2v) is 4.84. The largest absolute Gasteiger partial charge is 0.433 e. The van der Waals surface area contributed by atoms with E-state index in [0.29, 0.717) is 10.0 Å². The Morgan fingerprint density at radius 1 is 1.15 bits per heavy atom. The lowest BCUT2D eigenvalue weighted by Gasteiger charge is -2.11. The van der Waals surface area contributed by atoms with Crippen molar-refractivity contribution in [3.8, 4) is 11.3 Å². The minimum absolute atomic E-state index is 0.0821. The van der Waals surface area contributed by atoms with Crippen molar-refractivity contribution in [3.05, 3.63) is 52.8 Å². The third kappa shape index (κ3) is 2.18. The van der Waals surface area contributed by atoms with Gasteiger partial charge in [-0.1, -0.05) is 30.3 Å². The van der Waals surface area contributed by atoms with E-state index in [0.717, 1.165) is 10.6 Å². The van der Waals surface area contributed by atoms with Crippen LogP contribution in [-0.2, 0) is 6.18 Å². The average molecular weight is 341 g/mol. The van der Waals surface area contributed by atoms with Crippen molar-refractivity contribution in [1.29, 1.82) is 0 Å². The van der Waals surface area contributed by atoms with E-state index >= 15 is 0 Å². The van der Waals surface area contributed by atoms with Crippen molar-refractivity contribution in [3.63, 3.8) is 0 Å². The Hall–Kier alpha value is -1.89. The van der Waals surface area contributed by atoms with Crippen LogP contribution in [0.5, 0.6) is 0 Å². The number of benzene rings is 1. The third-order valence-electron chi connectivity index (χ3n) is 2.73. The summed E-state index contributed by atoms with van der Waals surface area (Å²) in [5.74, 6) is 0. The number of aromatic nitrogens is 3. The minimum atomic E-state index is -4.52. The normalized spacial score (nSPS) is 12.0. The molecule has 101 valence electrons. The quantitative estimate of drug-likeness (QED) is 0.670. The molecule has 3 rings (SSSR count). The van der Waals surface area contributed by atoms with E-state index in [-0.39, 0.29) is 11.3 Å². The molecule has 0 saturated carbocycles. The molecular weight excluding hydrogens is 335 g/mol. The maximum atomic E-state index is 13.1. The number of alkyl halides is 3. The molecular formula is C13H6BrF3N3. The lowest BCUT2D eigenvalue weighted by atomic mass is 10.1. The van der Waals surface area contributed by atoms with Crippen molar-refractivity contribution >= 4 is 21.6 Å². The monoisotopic (exact) mass is 340 g/mol. The summed E-state index contributed by atoms with van der Waals surface area (Å²) in [6, 6.07) is 9.66. The van der Waals surface area contributed by atoms with Crippen molar-refractivity contribution in [2.75, 3.05) is 0 Å². The minimum Gasteiger partial charge on any atom is -0.227 e. The lowest BCUT2D eigenvalue weighted by Crippen LogP contribution is -2.13. The highest BCUT2D eigenvalue weighted by Crippen LogP contribution is 2.33. The fraction of sp³-hybridized carbons (Fsp3) is 0.0769. The first-order valence-corrected chi connectivity index (χ1v) is 6.35. The molecule has 20 heavy (non-hydrogen) atoms. The zero-order chi connectivity index (χ0) is 14.3. The van der Waals surface area contributed by atoms with Crippen LogP contribution in [0.4, 0.5) is 13.2 Å². The number of halogens is 4. The fourth-order valence-electron chi connectivity index (χ4n) is 1.84. The maximum Gasteiger partial charge on any atom is 0.433 e. The van der Waals surface area contributed by atoms with E-state index < -0.39 is 11.9 Å². The Morgan fingerprint density at radius 3 is 2.50 bits per heavy atom. The summed E-state index contributed by atoms with van der Waals surface area (Å²) in [4.78, 5) is 4.20. The Labute approximate surface area is 120 Å². The highest BCUT2D eigenvalue weighted by Gasteiger charge is 2.35. The van der Waals surface area contributed by atoms with Crippen molar-refractivity contribution in [2.24, 2.45) is 0 Å². The number of nitrogens with zero attached hydrogens (tertiary/aromatic N) is 3. The van der Waals surface area contributed by atoms with Crippen LogP contribution < -0.4 is 0 Å². The predicted octanol–water partition coefficient (Wildman–Crippen LogP) is 3.98.